The number of hydrogen-bond donors (Lipinski definition) is 0. The minimum Gasteiger partial charge on any atom is -0.309 e. The van der Waals surface area contributed by atoms with Crippen molar-refractivity contribution >= 4 is 21.8 Å². The third-order valence-electron chi connectivity index (χ3n) is 11.8. The smallest absolute Gasteiger partial charge is 0.0874 e. The zero-order chi connectivity index (χ0) is 40.5. The highest BCUT2D eigenvalue weighted by Gasteiger charge is 2.41. The molecule has 5 aromatic carbocycles. The van der Waals surface area contributed by atoms with Crippen molar-refractivity contribution in [2.24, 2.45) is 0 Å². The van der Waals surface area contributed by atoms with Crippen LogP contribution in [0.4, 0.5) is 0 Å². The second-order valence-corrected chi connectivity index (χ2v) is 19.0. The molecule has 4 heteroatoms. The Bertz CT molecular complexity index is 2680. The van der Waals surface area contributed by atoms with Gasteiger partial charge in [0.25, 0.3) is 0 Å². The van der Waals surface area contributed by atoms with Gasteiger partial charge in [0, 0.05) is 28.4 Å². The van der Waals surface area contributed by atoms with Gasteiger partial charge in [-0.1, -0.05) is 147 Å². The quantitative estimate of drug-likeness (QED) is 0.159. The van der Waals surface area contributed by atoms with Crippen LogP contribution in [0.5, 0.6) is 0 Å². The maximum atomic E-state index is 5.33. The molecule has 0 spiro atoms. The molecule has 0 N–H and O–H groups in total. The summed E-state index contributed by atoms with van der Waals surface area (Å²) < 4.78 is 4.48. The Labute approximate surface area is 339 Å². The van der Waals surface area contributed by atoms with Gasteiger partial charge >= 0.3 is 0 Å². The average Bonchev–Trinajstić information content (AvgIpc) is 3.69. The Morgan fingerprint density at radius 1 is 0.439 bits per heavy atom. The molecule has 0 unspecified atom stereocenters. The summed E-state index contributed by atoms with van der Waals surface area (Å²) in [5.74, 6) is 0. The molecule has 0 amide bonds. The number of aryl methyl sites for hydroxylation is 2. The van der Waals surface area contributed by atoms with Gasteiger partial charge in [-0.25, -0.2) is 4.68 Å². The summed E-state index contributed by atoms with van der Waals surface area (Å²) in [6.07, 6.45) is 2.01. The van der Waals surface area contributed by atoms with Gasteiger partial charge in [-0.2, -0.15) is 5.10 Å². The summed E-state index contributed by atoms with van der Waals surface area (Å²) >= 11 is 0. The topological polar surface area (TPSA) is 35.6 Å². The molecule has 0 aliphatic rings. The molecule has 0 saturated heterocycles. The van der Waals surface area contributed by atoms with Crippen LogP contribution >= 0.6 is 0 Å². The molecule has 288 valence electrons. The first kappa shape index (κ1) is 38.1. The van der Waals surface area contributed by atoms with E-state index in [0.717, 1.165) is 45.1 Å². The fourth-order valence-corrected chi connectivity index (χ4v) is 8.62. The third-order valence-corrected chi connectivity index (χ3v) is 11.8. The minimum atomic E-state index is -0.738. The molecule has 3 heterocycles. The molecule has 0 saturated carbocycles. The molecule has 0 aliphatic heterocycles. The van der Waals surface area contributed by atoms with Crippen LogP contribution in [0, 0.1) is 13.8 Å². The van der Waals surface area contributed by atoms with Crippen molar-refractivity contribution in [2.75, 3.05) is 0 Å². The summed E-state index contributed by atoms with van der Waals surface area (Å²) in [4.78, 5) is 5.33. The predicted molar refractivity (Wildman–Crippen MR) is 240 cm³/mol. The largest absolute Gasteiger partial charge is 0.309 e. The highest BCUT2D eigenvalue weighted by atomic mass is 15.3. The molecule has 0 radical (unpaired) electrons. The van der Waals surface area contributed by atoms with Crippen LogP contribution in [-0.2, 0) is 21.7 Å². The number of rotatable bonds is 6. The van der Waals surface area contributed by atoms with E-state index in [2.05, 4.69) is 219 Å². The first-order valence-electron chi connectivity index (χ1n) is 20.3. The van der Waals surface area contributed by atoms with Crippen LogP contribution in [0.15, 0.2) is 140 Å². The average molecular weight is 749 g/mol. The second-order valence-electron chi connectivity index (χ2n) is 19.0. The number of nitrogens with zero attached hydrogens (tertiary/aromatic N) is 4. The molecule has 8 rings (SSSR count). The molecule has 0 aliphatic carbocycles. The summed E-state index contributed by atoms with van der Waals surface area (Å²) in [6.45, 7) is 24.7. The van der Waals surface area contributed by atoms with Crippen LogP contribution in [0.3, 0.4) is 0 Å². The fraction of sp³-hybridized carbons (Fsp3) is 0.283. The number of aromatic nitrogens is 4. The Morgan fingerprint density at radius 3 is 1.60 bits per heavy atom. The Balaban J connectivity index is 1.46. The molecule has 4 nitrogen and oxygen atoms in total. The van der Waals surface area contributed by atoms with E-state index in [1.807, 2.05) is 6.20 Å². The Morgan fingerprint density at radius 2 is 1.02 bits per heavy atom. The fourth-order valence-electron chi connectivity index (χ4n) is 8.62. The molecule has 0 atom stereocenters. The monoisotopic (exact) mass is 748 g/mol. The molecular formula is C53H56N4. The highest BCUT2D eigenvalue weighted by Crippen LogP contribution is 2.47. The van der Waals surface area contributed by atoms with Crippen molar-refractivity contribution in [3.05, 3.63) is 190 Å². The Hall–Kier alpha value is -5.74. The van der Waals surface area contributed by atoms with Crippen LogP contribution in [0.2, 0.25) is 0 Å². The lowest BCUT2D eigenvalue weighted by atomic mass is 9.65. The highest BCUT2D eigenvalue weighted by molar-refractivity contribution is 6.09. The van der Waals surface area contributed by atoms with Gasteiger partial charge in [0.15, 0.2) is 0 Å². The summed E-state index contributed by atoms with van der Waals surface area (Å²) in [5, 5.41) is 7.29. The Kier molecular flexibility index (Phi) is 9.19. The van der Waals surface area contributed by atoms with Gasteiger partial charge in [0.05, 0.1) is 33.5 Å². The van der Waals surface area contributed by atoms with E-state index in [1.165, 1.54) is 38.6 Å². The number of pyridine rings is 1. The maximum absolute atomic E-state index is 5.33. The molecule has 57 heavy (non-hydrogen) atoms. The predicted octanol–water partition coefficient (Wildman–Crippen LogP) is 13.3. The van der Waals surface area contributed by atoms with Crippen LogP contribution in [-0.4, -0.2) is 19.3 Å². The van der Waals surface area contributed by atoms with E-state index in [0.29, 0.717) is 0 Å². The van der Waals surface area contributed by atoms with E-state index in [9.17, 15) is 0 Å². The number of fused-ring (bicyclic) bond motifs is 3. The summed E-state index contributed by atoms with van der Waals surface area (Å²) in [7, 11) is 0. The lowest BCUT2D eigenvalue weighted by molar-refractivity contribution is 0.581. The maximum Gasteiger partial charge on any atom is 0.0874 e. The molecule has 8 aromatic rings. The van der Waals surface area contributed by atoms with Gasteiger partial charge < -0.3 is 4.57 Å². The zero-order valence-corrected chi connectivity index (χ0v) is 35.6. The lowest BCUT2D eigenvalue weighted by Gasteiger charge is -2.37. The van der Waals surface area contributed by atoms with Crippen LogP contribution < -0.4 is 0 Å². The van der Waals surface area contributed by atoms with Crippen molar-refractivity contribution in [3.63, 3.8) is 0 Å². The van der Waals surface area contributed by atoms with Gasteiger partial charge in [0.1, 0.15) is 0 Å². The third kappa shape index (κ3) is 6.69. The van der Waals surface area contributed by atoms with Crippen molar-refractivity contribution in [1.29, 1.82) is 0 Å². The van der Waals surface area contributed by atoms with Gasteiger partial charge in [0.2, 0.25) is 0 Å². The molecule has 3 aromatic heterocycles. The molecular weight excluding hydrogens is 693 g/mol. The number of hydrogen-bond acceptors (Lipinski definition) is 2. The van der Waals surface area contributed by atoms with Crippen molar-refractivity contribution in [3.8, 4) is 11.4 Å². The van der Waals surface area contributed by atoms with E-state index in [1.54, 1.807) is 0 Å². The lowest BCUT2D eigenvalue weighted by Crippen LogP contribution is -2.33. The normalized spacial score (nSPS) is 12.8. The van der Waals surface area contributed by atoms with Crippen LogP contribution in [0.1, 0.15) is 113 Å². The van der Waals surface area contributed by atoms with Gasteiger partial charge in [-0.15, -0.1) is 0 Å². The van der Waals surface area contributed by atoms with Crippen molar-refractivity contribution < 1.29 is 0 Å². The second kappa shape index (κ2) is 13.7. The first-order chi connectivity index (χ1) is 27.0. The molecule has 0 fully saturated rings. The van der Waals surface area contributed by atoms with Crippen molar-refractivity contribution in [1.82, 2.24) is 19.3 Å². The summed E-state index contributed by atoms with van der Waals surface area (Å²) in [6, 6.07) is 50.0. The van der Waals surface area contributed by atoms with Crippen LogP contribution in [0.25, 0.3) is 33.2 Å². The van der Waals surface area contributed by atoms with E-state index in [4.69, 9.17) is 10.1 Å². The van der Waals surface area contributed by atoms with Crippen molar-refractivity contribution in [2.45, 2.75) is 97.8 Å². The molecule has 0 bridgehead atoms. The standard InChI is InChI=1S/C53H56N4/c1-35-31-36(2)57(55-35)44-27-28-46-45-17-12-13-18-47(45)56(48(46)34-44)43-16-14-15-42(32-43)53(39-23-19-37(20-24-39)50(3,4)5,40-25-21-38(22-26-40)51(6,7)8)49-33-41(29-30-54-49)52(9,10)11/h12-34H,1-11H3. The van der Waals surface area contributed by atoms with Gasteiger partial charge in [-0.3, -0.25) is 4.98 Å². The SMILES string of the molecule is Cc1cc(C)n(-c2ccc3c4ccccc4n(-c4cccc(C(c5ccc(C(C)(C)C)cc5)(c5ccc(C(C)(C)C)cc5)c5cc(C(C)(C)C)ccn5)c4)c3c2)n1. The minimum absolute atomic E-state index is 0.0165. The summed E-state index contributed by atoms with van der Waals surface area (Å²) in [5.41, 5.74) is 14.2. The van der Waals surface area contributed by atoms with Gasteiger partial charge in [-0.05, 0) is 112 Å². The van der Waals surface area contributed by atoms with E-state index < -0.39 is 5.41 Å². The number of benzene rings is 5. The number of para-hydroxylation sites is 1. The van der Waals surface area contributed by atoms with E-state index in [-0.39, 0.29) is 16.2 Å². The van der Waals surface area contributed by atoms with E-state index >= 15 is 0 Å². The zero-order valence-electron chi connectivity index (χ0n) is 35.6. The first-order valence-corrected chi connectivity index (χ1v) is 20.3.